The van der Waals surface area contributed by atoms with Crippen LogP contribution < -0.4 is 9.62 Å². The second-order valence-electron chi connectivity index (χ2n) is 7.16. The zero-order valence-electron chi connectivity index (χ0n) is 16.5. The van der Waals surface area contributed by atoms with Crippen LogP contribution in [0.3, 0.4) is 0 Å². The average Bonchev–Trinajstić information content (AvgIpc) is 3.22. The highest BCUT2D eigenvalue weighted by molar-refractivity contribution is 7.97. The van der Waals surface area contributed by atoms with Gasteiger partial charge in [-0.25, -0.2) is 8.42 Å². The lowest BCUT2D eigenvalue weighted by atomic mass is 10.1. The SMILES string of the molecule is Cc1ccc(CN2c3ccsc3C(=O)/C(=C/NCCc3ccccc3)S2(=O)=O)cc1. The highest BCUT2D eigenvalue weighted by atomic mass is 32.2. The van der Waals surface area contributed by atoms with E-state index in [1.165, 1.54) is 21.8 Å². The van der Waals surface area contributed by atoms with Crippen molar-refractivity contribution >= 4 is 32.8 Å². The summed E-state index contributed by atoms with van der Waals surface area (Å²) in [6.07, 6.45) is 2.08. The Balaban J connectivity index is 1.59. The number of hydrogen-bond donors (Lipinski definition) is 1. The molecule has 0 amide bonds. The molecule has 1 aromatic heterocycles. The van der Waals surface area contributed by atoms with Gasteiger partial charge in [0, 0.05) is 12.7 Å². The van der Waals surface area contributed by atoms with Gasteiger partial charge in [0.2, 0.25) is 5.78 Å². The number of carbonyl (C=O) groups excluding carboxylic acids is 1. The Bertz CT molecular complexity index is 1180. The number of benzene rings is 2. The first-order valence-electron chi connectivity index (χ1n) is 9.65. The van der Waals surface area contributed by atoms with Gasteiger partial charge in [-0.3, -0.25) is 9.10 Å². The van der Waals surface area contributed by atoms with Crippen molar-refractivity contribution in [3.05, 3.63) is 98.7 Å². The first-order valence-corrected chi connectivity index (χ1v) is 12.0. The van der Waals surface area contributed by atoms with Gasteiger partial charge in [-0.15, -0.1) is 11.3 Å². The van der Waals surface area contributed by atoms with Crippen molar-refractivity contribution in [3.8, 4) is 0 Å². The molecule has 5 nitrogen and oxygen atoms in total. The summed E-state index contributed by atoms with van der Waals surface area (Å²) in [6.45, 7) is 2.70. The van der Waals surface area contributed by atoms with E-state index in [1.54, 1.807) is 11.4 Å². The quantitative estimate of drug-likeness (QED) is 0.461. The molecule has 7 heteroatoms. The standard InChI is InChI=1S/C23H22N2O3S2/c1-17-7-9-19(10-8-17)16-25-20-12-14-29-23(20)22(26)21(30(25,27)28)15-24-13-11-18-5-3-2-4-6-18/h2-10,12,14-15,24H,11,13,16H2,1H3/b21-15-. The predicted octanol–water partition coefficient (Wildman–Crippen LogP) is 4.26. The summed E-state index contributed by atoms with van der Waals surface area (Å²) in [4.78, 5) is 13.1. The fourth-order valence-electron chi connectivity index (χ4n) is 3.34. The zero-order valence-corrected chi connectivity index (χ0v) is 18.2. The smallest absolute Gasteiger partial charge is 0.270 e. The van der Waals surface area contributed by atoms with Gasteiger partial charge in [0.25, 0.3) is 10.0 Å². The molecule has 0 fully saturated rings. The van der Waals surface area contributed by atoms with Crippen LogP contribution in [0.2, 0.25) is 0 Å². The topological polar surface area (TPSA) is 66.5 Å². The lowest BCUT2D eigenvalue weighted by Gasteiger charge is -2.29. The van der Waals surface area contributed by atoms with Crippen molar-refractivity contribution in [1.82, 2.24) is 5.32 Å². The third kappa shape index (κ3) is 4.04. The number of nitrogens with zero attached hydrogens (tertiary/aromatic N) is 1. The third-order valence-corrected chi connectivity index (χ3v) is 7.66. The molecule has 4 rings (SSSR count). The number of thiophene rings is 1. The maximum absolute atomic E-state index is 13.3. The number of aryl methyl sites for hydroxylation is 1. The summed E-state index contributed by atoms with van der Waals surface area (Å²) in [7, 11) is -3.96. The molecule has 1 aliphatic rings. The van der Waals surface area contributed by atoms with E-state index < -0.39 is 15.8 Å². The maximum atomic E-state index is 13.3. The summed E-state index contributed by atoms with van der Waals surface area (Å²) in [5.41, 5.74) is 3.57. The highest BCUT2D eigenvalue weighted by Crippen LogP contribution is 2.39. The molecule has 1 N–H and O–H groups in total. The summed E-state index contributed by atoms with van der Waals surface area (Å²) >= 11 is 1.27. The second kappa shape index (κ2) is 8.45. The monoisotopic (exact) mass is 438 g/mol. The number of ketones is 1. The summed E-state index contributed by atoms with van der Waals surface area (Å²) in [5.74, 6) is -0.452. The van der Waals surface area contributed by atoms with Crippen molar-refractivity contribution in [1.29, 1.82) is 0 Å². The van der Waals surface area contributed by atoms with Gasteiger partial charge in [0.05, 0.1) is 12.2 Å². The minimum Gasteiger partial charge on any atom is -0.389 e. The van der Waals surface area contributed by atoms with Crippen LogP contribution in [0.4, 0.5) is 5.69 Å². The van der Waals surface area contributed by atoms with Crippen LogP contribution in [0.1, 0.15) is 26.4 Å². The van der Waals surface area contributed by atoms with Gasteiger partial charge in [-0.05, 0) is 35.9 Å². The Kier molecular flexibility index (Phi) is 5.74. The summed E-state index contributed by atoms with van der Waals surface area (Å²) < 4.78 is 28.0. The Labute approximate surface area is 180 Å². The minimum absolute atomic E-state index is 0.182. The maximum Gasteiger partial charge on any atom is 0.270 e. The molecule has 0 bridgehead atoms. The average molecular weight is 439 g/mol. The van der Waals surface area contributed by atoms with Gasteiger partial charge in [0.15, 0.2) is 4.91 Å². The fourth-order valence-corrected chi connectivity index (χ4v) is 5.85. The van der Waals surface area contributed by atoms with Crippen molar-refractivity contribution in [2.24, 2.45) is 0 Å². The number of hydrogen-bond acceptors (Lipinski definition) is 5. The van der Waals surface area contributed by atoms with Gasteiger partial charge in [0.1, 0.15) is 4.88 Å². The summed E-state index contributed by atoms with van der Waals surface area (Å²) in [5, 5.41) is 4.78. The normalized spacial score (nSPS) is 16.5. The number of nitrogens with one attached hydrogen (secondary N) is 1. The van der Waals surface area contributed by atoms with Gasteiger partial charge in [-0.1, -0.05) is 60.2 Å². The van der Waals surface area contributed by atoms with Gasteiger partial charge in [-0.2, -0.15) is 0 Å². The molecule has 0 saturated heterocycles. The van der Waals surface area contributed by atoms with E-state index in [0.29, 0.717) is 17.1 Å². The largest absolute Gasteiger partial charge is 0.389 e. The van der Waals surface area contributed by atoms with E-state index in [9.17, 15) is 13.2 Å². The second-order valence-corrected chi connectivity index (χ2v) is 9.91. The van der Waals surface area contributed by atoms with E-state index in [-0.39, 0.29) is 11.4 Å². The fraction of sp³-hybridized carbons (Fsp3) is 0.174. The van der Waals surface area contributed by atoms with Crippen LogP contribution in [0.25, 0.3) is 0 Å². The van der Waals surface area contributed by atoms with E-state index in [0.717, 1.165) is 23.1 Å². The first-order chi connectivity index (χ1) is 14.5. The summed E-state index contributed by atoms with van der Waals surface area (Å²) in [6, 6.07) is 19.3. The number of allylic oxidation sites excluding steroid dienone is 1. The molecule has 0 spiro atoms. The first kappa shape index (κ1) is 20.4. The van der Waals surface area contributed by atoms with Gasteiger partial charge < -0.3 is 5.32 Å². The van der Waals surface area contributed by atoms with E-state index >= 15 is 0 Å². The van der Waals surface area contributed by atoms with Crippen LogP contribution in [0, 0.1) is 6.92 Å². The molecular weight excluding hydrogens is 416 g/mol. The highest BCUT2D eigenvalue weighted by Gasteiger charge is 2.41. The molecule has 0 aliphatic carbocycles. The zero-order chi connectivity index (χ0) is 21.1. The number of fused-ring (bicyclic) bond motifs is 1. The molecule has 0 atom stereocenters. The Morgan fingerprint density at radius 1 is 1.00 bits per heavy atom. The van der Waals surface area contributed by atoms with E-state index in [2.05, 4.69) is 5.32 Å². The van der Waals surface area contributed by atoms with Crippen molar-refractivity contribution in [3.63, 3.8) is 0 Å². The number of anilines is 1. The minimum atomic E-state index is -3.96. The van der Waals surface area contributed by atoms with E-state index in [1.807, 2.05) is 61.5 Å². The van der Waals surface area contributed by atoms with E-state index in [4.69, 9.17) is 0 Å². The third-order valence-electron chi connectivity index (χ3n) is 4.99. The van der Waals surface area contributed by atoms with Crippen LogP contribution in [-0.2, 0) is 23.0 Å². The molecule has 3 aromatic rings. The van der Waals surface area contributed by atoms with Crippen LogP contribution in [0.15, 0.2) is 77.1 Å². The number of carbonyl (C=O) groups is 1. The molecule has 30 heavy (non-hydrogen) atoms. The Hall–Kier alpha value is -2.90. The van der Waals surface area contributed by atoms with Crippen molar-refractivity contribution < 1.29 is 13.2 Å². The van der Waals surface area contributed by atoms with Crippen molar-refractivity contribution in [2.45, 2.75) is 19.9 Å². The van der Waals surface area contributed by atoms with Gasteiger partial charge >= 0.3 is 0 Å². The predicted molar refractivity (Wildman–Crippen MR) is 121 cm³/mol. The molecule has 0 saturated carbocycles. The number of sulfonamides is 1. The molecule has 2 heterocycles. The Morgan fingerprint density at radius 2 is 1.73 bits per heavy atom. The van der Waals surface area contributed by atoms with Crippen LogP contribution >= 0.6 is 11.3 Å². The molecule has 0 unspecified atom stereocenters. The molecule has 1 aliphatic heterocycles. The van der Waals surface area contributed by atoms with Crippen LogP contribution in [-0.4, -0.2) is 20.7 Å². The Morgan fingerprint density at radius 3 is 2.47 bits per heavy atom. The lowest BCUT2D eigenvalue weighted by molar-refractivity contribution is 0.104. The molecule has 2 aromatic carbocycles. The molecule has 0 radical (unpaired) electrons. The van der Waals surface area contributed by atoms with Crippen molar-refractivity contribution in [2.75, 3.05) is 10.8 Å². The molecular formula is C23H22N2O3S2. The molecule has 154 valence electrons. The van der Waals surface area contributed by atoms with Crippen LogP contribution in [0.5, 0.6) is 0 Å². The lowest BCUT2D eigenvalue weighted by Crippen LogP contribution is -2.38. The number of Topliss-reactive ketones (excluding diaryl/α,β-unsaturated/α-hetero) is 1. The number of rotatable bonds is 6.